The average molecular weight is 356 g/mol. The predicted octanol–water partition coefficient (Wildman–Crippen LogP) is 0.570. The molecule has 1 saturated heterocycles. The number of aliphatic carboxylic acids is 1. The zero-order valence-corrected chi connectivity index (χ0v) is 12.4. The Morgan fingerprint density at radius 1 is 1.72 bits per heavy atom. The smallest absolute Gasteiger partial charge is 0.322 e. The van der Waals surface area contributed by atoms with Gasteiger partial charge in [0.15, 0.2) is 0 Å². The molecular formula is C8H10BrN3O4S2. The van der Waals surface area contributed by atoms with Crippen molar-refractivity contribution in [3.05, 3.63) is 15.0 Å². The Morgan fingerprint density at radius 3 is 2.89 bits per heavy atom. The van der Waals surface area contributed by atoms with E-state index in [0.29, 0.717) is 5.01 Å². The molecule has 10 heteroatoms. The standard InChI is InChI=1S/C8H10BrN3O4S2/c1-12-5(8(13)14)2-4(11-18(12,15)16)7-10-3-6(9)17-7/h3-5,11H,2H2,1H3,(H,13,14)/t4-,5+/m0/s1. The largest absolute Gasteiger partial charge is 0.480 e. The summed E-state index contributed by atoms with van der Waals surface area (Å²) in [5, 5.41) is 9.60. The van der Waals surface area contributed by atoms with E-state index >= 15 is 0 Å². The Kier molecular flexibility index (Phi) is 3.74. The molecule has 2 heterocycles. The summed E-state index contributed by atoms with van der Waals surface area (Å²) in [7, 11) is -2.54. The molecule has 1 aliphatic rings. The molecule has 2 atom stereocenters. The van der Waals surface area contributed by atoms with Crippen molar-refractivity contribution in [1.82, 2.24) is 14.0 Å². The number of nitrogens with one attached hydrogen (secondary N) is 1. The summed E-state index contributed by atoms with van der Waals surface area (Å²) in [6.45, 7) is 0. The van der Waals surface area contributed by atoms with Crippen LogP contribution in [0.3, 0.4) is 0 Å². The van der Waals surface area contributed by atoms with Gasteiger partial charge in [0.1, 0.15) is 11.0 Å². The van der Waals surface area contributed by atoms with Gasteiger partial charge in [-0.1, -0.05) is 0 Å². The van der Waals surface area contributed by atoms with Crippen LogP contribution in [0.4, 0.5) is 0 Å². The van der Waals surface area contributed by atoms with Crippen molar-refractivity contribution < 1.29 is 18.3 Å². The van der Waals surface area contributed by atoms with Gasteiger partial charge in [0, 0.05) is 7.05 Å². The number of aromatic nitrogens is 1. The third-order valence-electron chi connectivity index (χ3n) is 2.65. The van der Waals surface area contributed by atoms with Crippen LogP contribution in [-0.2, 0) is 15.0 Å². The number of thiazole rings is 1. The summed E-state index contributed by atoms with van der Waals surface area (Å²) >= 11 is 4.51. The zero-order chi connectivity index (χ0) is 13.5. The first-order chi connectivity index (χ1) is 8.31. The molecule has 1 fully saturated rings. The fourth-order valence-corrected chi connectivity index (χ4v) is 4.31. The fraction of sp³-hybridized carbons (Fsp3) is 0.500. The van der Waals surface area contributed by atoms with Gasteiger partial charge in [-0.3, -0.25) is 4.79 Å². The molecule has 18 heavy (non-hydrogen) atoms. The Hall–Kier alpha value is -0.550. The molecule has 0 unspecified atom stereocenters. The van der Waals surface area contributed by atoms with E-state index in [1.807, 2.05) is 0 Å². The van der Waals surface area contributed by atoms with Crippen molar-refractivity contribution in [1.29, 1.82) is 0 Å². The molecule has 2 N–H and O–H groups in total. The molecule has 0 saturated carbocycles. The number of carboxylic acids is 1. The van der Waals surface area contributed by atoms with Crippen LogP contribution in [0.15, 0.2) is 9.98 Å². The number of likely N-dealkylation sites (N-methyl/N-ethyl adjacent to an activating group) is 1. The van der Waals surface area contributed by atoms with E-state index in [1.165, 1.54) is 18.4 Å². The lowest BCUT2D eigenvalue weighted by atomic mass is 10.1. The van der Waals surface area contributed by atoms with Crippen LogP contribution >= 0.6 is 27.3 Å². The van der Waals surface area contributed by atoms with E-state index in [2.05, 4.69) is 25.6 Å². The average Bonchev–Trinajstić information content (AvgIpc) is 2.68. The number of carbonyl (C=O) groups is 1. The number of rotatable bonds is 2. The summed E-state index contributed by atoms with van der Waals surface area (Å²) in [6, 6.07) is -1.69. The lowest BCUT2D eigenvalue weighted by Gasteiger charge is -2.33. The second kappa shape index (κ2) is 4.85. The first-order valence-electron chi connectivity index (χ1n) is 4.90. The van der Waals surface area contributed by atoms with Crippen LogP contribution in [0, 0.1) is 0 Å². The van der Waals surface area contributed by atoms with Crippen molar-refractivity contribution in [3.63, 3.8) is 0 Å². The third kappa shape index (κ3) is 2.57. The quantitative estimate of drug-likeness (QED) is 0.807. The van der Waals surface area contributed by atoms with Gasteiger partial charge in [-0.05, 0) is 22.4 Å². The summed E-state index contributed by atoms with van der Waals surface area (Å²) in [4.78, 5) is 15.1. The highest BCUT2D eigenvalue weighted by Gasteiger charge is 2.41. The van der Waals surface area contributed by atoms with Crippen molar-refractivity contribution in [2.24, 2.45) is 0 Å². The van der Waals surface area contributed by atoms with Gasteiger partial charge in [0.2, 0.25) is 0 Å². The number of carboxylic acid groups (broad SMARTS) is 1. The van der Waals surface area contributed by atoms with Gasteiger partial charge in [-0.25, -0.2) is 4.98 Å². The number of hydrogen-bond acceptors (Lipinski definition) is 5. The zero-order valence-electron chi connectivity index (χ0n) is 9.20. The van der Waals surface area contributed by atoms with Crippen molar-refractivity contribution >= 4 is 43.4 Å². The van der Waals surface area contributed by atoms with Crippen LogP contribution in [0.1, 0.15) is 17.5 Å². The molecule has 0 spiro atoms. The topological polar surface area (TPSA) is 99.6 Å². The van der Waals surface area contributed by atoms with Gasteiger partial charge in [0.25, 0.3) is 10.2 Å². The molecule has 1 aromatic heterocycles. The molecular weight excluding hydrogens is 346 g/mol. The molecule has 0 aliphatic carbocycles. The number of nitrogens with zero attached hydrogens (tertiary/aromatic N) is 2. The van der Waals surface area contributed by atoms with Crippen LogP contribution < -0.4 is 4.72 Å². The maximum atomic E-state index is 11.8. The summed E-state index contributed by atoms with van der Waals surface area (Å²) in [6.07, 6.45) is 1.70. The highest BCUT2D eigenvalue weighted by atomic mass is 79.9. The third-order valence-corrected chi connectivity index (χ3v) is 5.83. The minimum Gasteiger partial charge on any atom is -0.480 e. The Bertz CT molecular complexity index is 573. The predicted molar refractivity (Wildman–Crippen MR) is 68.4 cm³/mol. The minimum absolute atomic E-state index is 0.144. The molecule has 0 radical (unpaired) electrons. The molecule has 0 bridgehead atoms. The number of hydrogen-bond donors (Lipinski definition) is 2. The molecule has 1 aliphatic heterocycles. The van der Waals surface area contributed by atoms with E-state index in [0.717, 1.165) is 8.09 Å². The highest BCUT2D eigenvalue weighted by Crippen LogP contribution is 2.31. The van der Waals surface area contributed by atoms with E-state index in [1.54, 1.807) is 6.20 Å². The van der Waals surface area contributed by atoms with Gasteiger partial charge in [-0.15, -0.1) is 11.3 Å². The normalized spacial score (nSPS) is 28.1. The van der Waals surface area contributed by atoms with Gasteiger partial charge in [0.05, 0.1) is 16.0 Å². The second-order valence-electron chi connectivity index (χ2n) is 3.78. The van der Waals surface area contributed by atoms with Crippen LogP contribution in [0.2, 0.25) is 0 Å². The van der Waals surface area contributed by atoms with Crippen molar-refractivity contribution in [2.75, 3.05) is 7.05 Å². The van der Waals surface area contributed by atoms with E-state index < -0.39 is 28.3 Å². The van der Waals surface area contributed by atoms with Crippen LogP contribution in [-0.4, -0.2) is 41.9 Å². The van der Waals surface area contributed by atoms with Gasteiger partial charge in [-0.2, -0.15) is 17.4 Å². The highest BCUT2D eigenvalue weighted by molar-refractivity contribution is 9.11. The molecule has 0 aromatic carbocycles. The lowest BCUT2D eigenvalue weighted by Crippen LogP contribution is -2.54. The first-order valence-corrected chi connectivity index (χ1v) is 7.95. The second-order valence-corrected chi connectivity index (χ2v) is 7.99. The van der Waals surface area contributed by atoms with Crippen LogP contribution in [0.5, 0.6) is 0 Å². The monoisotopic (exact) mass is 355 g/mol. The van der Waals surface area contributed by atoms with Crippen molar-refractivity contribution in [2.45, 2.75) is 18.5 Å². The summed E-state index contributed by atoms with van der Waals surface area (Å²) in [5.74, 6) is -1.16. The maximum absolute atomic E-state index is 11.8. The minimum atomic E-state index is -3.79. The Balaban J connectivity index is 2.33. The fourth-order valence-electron chi connectivity index (χ4n) is 1.69. The molecule has 2 rings (SSSR count). The first kappa shape index (κ1) is 13.9. The van der Waals surface area contributed by atoms with Crippen molar-refractivity contribution in [3.8, 4) is 0 Å². The van der Waals surface area contributed by atoms with E-state index in [4.69, 9.17) is 5.11 Å². The van der Waals surface area contributed by atoms with Gasteiger partial charge < -0.3 is 5.11 Å². The molecule has 7 nitrogen and oxygen atoms in total. The summed E-state index contributed by atoms with van der Waals surface area (Å²) < 4.78 is 27.6. The Morgan fingerprint density at radius 2 is 2.39 bits per heavy atom. The van der Waals surface area contributed by atoms with E-state index in [9.17, 15) is 13.2 Å². The van der Waals surface area contributed by atoms with E-state index in [-0.39, 0.29) is 6.42 Å². The molecule has 100 valence electrons. The SMILES string of the molecule is CN1[C@@H](C(=O)O)C[C@@H](c2ncc(Br)s2)NS1(=O)=O. The Labute approximate surface area is 116 Å². The molecule has 1 aromatic rings. The molecule has 0 amide bonds. The van der Waals surface area contributed by atoms with Gasteiger partial charge >= 0.3 is 5.97 Å². The van der Waals surface area contributed by atoms with Crippen LogP contribution in [0.25, 0.3) is 0 Å². The lowest BCUT2D eigenvalue weighted by molar-refractivity contribution is -0.141. The number of halogens is 1. The summed E-state index contributed by atoms with van der Waals surface area (Å²) in [5.41, 5.74) is 0. The maximum Gasteiger partial charge on any atom is 0.322 e.